The number of hydrogen-bond acceptors (Lipinski definition) is 4. The van der Waals surface area contributed by atoms with E-state index in [0.29, 0.717) is 5.56 Å². The van der Waals surface area contributed by atoms with Crippen molar-refractivity contribution in [1.82, 2.24) is 10.3 Å². The molecular weight excluding hydrogens is 170 g/mol. The van der Waals surface area contributed by atoms with Gasteiger partial charge in [-0.05, 0) is 12.1 Å². The zero-order valence-corrected chi connectivity index (χ0v) is 6.73. The molecule has 0 aliphatic carbocycles. The van der Waals surface area contributed by atoms with Crippen LogP contribution in [0.2, 0.25) is 0 Å². The lowest BCUT2D eigenvalue weighted by Gasteiger charge is -1.98. The highest BCUT2D eigenvalue weighted by Gasteiger charge is 2.01. The summed E-state index contributed by atoms with van der Waals surface area (Å²) in [4.78, 5) is 27.8. The molecule has 0 bridgehead atoms. The van der Waals surface area contributed by atoms with E-state index < -0.39 is 0 Å². The molecule has 0 unspecified atom stereocenters. The van der Waals surface area contributed by atoms with Crippen LogP contribution in [0.25, 0.3) is 0 Å². The first-order chi connectivity index (χ1) is 6.34. The second-order valence-electron chi connectivity index (χ2n) is 2.16. The molecule has 1 amide bonds. The quantitative estimate of drug-likeness (QED) is 0.526. The molecule has 0 aliphatic heterocycles. The van der Waals surface area contributed by atoms with Crippen molar-refractivity contribution in [1.29, 1.82) is 0 Å². The molecule has 0 saturated heterocycles. The molecule has 1 rings (SSSR count). The lowest BCUT2D eigenvalue weighted by Crippen LogP contribution is -2.23. The molecule has 1 N–H and O–H groups in total. The molecule has 66 valence electrons. The maximum absolute atomic E-state index is 11.2. The van der Waals surface area contributed by atoms with Gasteiger partial charge in [-0.3, -0.25) is 9.78 Å². The fourth-order valence-corrected chi connectivity index (χ4v) is 0.743. The summed E-state index contributed by atoms with van der Waals surface area (Å²) in [6, 6.07) is 3.27. The summed E-state index contributed by atoms with van der Waals surface area (Å²) in [5.74, 6) is -0.313. The van der Waals surface area contributed by atoms with Crippen molar-refractivity contribution in [2.75, 3.05) is 6.67 Å². The van der Waals surface area contributed by atoms with Crippen LogP contribution in [0.15, 0.2) is 29.5 Å². The SMILES string of the molecule is O=C=NCNC(=O)c1cccnc1. The third-order valence-corrected chi connectivity index (χ3v) is 1.31. The number of rotatable bonds is 3. The largest absolute Gasteiger partial charge is 0.332 e. The van der Waals surface area contributed by atoms with Gasteiger partial charge in [0.1, 0.15) is 6.67 Å². The standard InChI is InChI=1S/C8H7N3O2/c12-6-10-5-11-8(13)7-2-1-3-9-4-7/h1-4H,5H2,(H,11,13). The van der Waals surface area contributed by atoms with Crippen LogP contribution in [0.1, 0.15) is 10.4 Å². The molecule has 0 aromatic carbocycles. The topological polar surface area (TPSA) is 71.4 Å². The van der Waals surface area contributed by atoms with E-state index in [0.717, 1.165) is 0 Å². The molecule has 0 fully saturated rings. The van der Waals surface area contributed by atoms with E-state index in [1.54, 1.807) is 18.3 Å². The zero-order chi connectivity index (χ0) is 9.52. The Labute approximate surface area is 74.5 Å². The summed E-state index contributed by atoms with van der Waals surface area (Å²) >= 11 is 0. The van der Waals surface area contributed by atoms with Crippen LogP contribution in [-0.2, 0) is 4.79 Å². The van der Waals surface area contributed by atoms with E-state index in [1.807, 2.05) is 0 Å². The monoisotopic (exact) mass is 177 g/mol. The third kappa shape index (κ3) is 2.84. The maximum Gasteiger partial charge on any atom is 0.254 e. The van der Waals surface area contributed by atoms with Gasteiger partial charge >= 0.3 is 0 Å². The Hall–Kier alpha value is -2.00. The summed E-state index contributed by atoms with van der Waals surface area (Å²) in [5.41, 5.74) is 0.434. The van der Waals surface area contributed by atoms with Gasteiger partial charge in [-0.1, -0.05) is 0 Å². The molecule has 1 heterocycles. The zero-order valence-electron chi connectivity index (χ0n) is 6.73. The number of carbonyl (C=O) groups is 1. The fourth-order valence-electron chi connectivity index (χ4n) is 0.743. The van der Waals surface area contributed by atoms with Crippen LogP contribution in [0, 0.1) is 0 Å². The molecule has 1 aromatic heterocycles. The number of hydrogen-bond donors (Lipinski definition) is 1. The number of pyridine rings is 1. The average molecular weight is 177 g/mol. The molecule has 5 nitrogen and oxygen atoms in total. The Morgan fingerprint density at radius 3 is 3.15 bits per heavy atom. The molecule has 0 aliphatic rings. The Morgan fingerprint density at radius 2 is 2.54 bits per heavy atom. The normalized spacial score (nSPS) is 8.62. The van der Waals surface area contributed by atoms with Crippen molar-refractivity contribution in [3.05, 3.63) is 30.1 Å². The predicted octanol–water partition coefficient (Wildman–Crippen LogP) is 0.105. The lowest BCUT2D eigenvalue weighted by molar-refractivity contribution is 0.0954. The van der Waals surface area contributed by atoms with Gasteiger partial charge in [0.15, 0.2) is 0 Å². The molecule has 0 spiro atoms. The Bertz CT molecular complexity index is 331. The second-order valence-corrected chi connectivity index (χ2v) is 2.16. The van der Waals surface area contributed by atoms with Crippen molar-refractivity contribution in [3.63, 3.8) is 0 Å². The van der Waals surface area contributed by atoms with E-state index in [-0.39, 0.29) is 12.6 Å². The minimum atomic E-state index is -0.313. The summed E-state index contributed by atoms with van der Waals surface area (Å²) < 4.78 is 0. The number of nitrogens with zero attached hydrogens (tertiary/aromatic N) is 2. The number of amides is 1. The van der Waals surface area contributed by atoms with Crippen molar-refractivity contribution in [3.8, 4) is 0 Å². The van der Waals surface area contributed by atoms with Gasteiger partial charge < -0.3 is 5.32 Å². The highest BCUT2D eigenvalue weighted by Crippen LogP contribution is 1.93. The smallest absolute Gasteiger partial charge is 0.254 e. The van der Waals surface area contributed by atoms with Crippen LogP contribution >= 0.6 is 0 Å². The summed E-state index contributed by atoms with van der Waals surface area (Å²) in [5, 5.41) is 2.39. The van der Waals surface area contributed by atoms with E-state index in [4.69, 9.17) is 0 Å². The van der Waals surface area contributed by atoms with Crippen LogP contribution in [0.4, 0.5) is 0 Å². The third-order valence-electron chi connectivity index (χ3n) is 1.31. The number of aromatic nitrogens is 1. The highest BCUT2D eigenvalue weighted by atomic mass is 16.1. The van der Waals surface area contributed by atoms with Crippen molar-refractivity contribution < 1.29 is 9.59 Å². The predicted molar refractivity (Wildman–Crippen MR) is 44.7 cm³/mol. The summed E-state index contributed by atoms with van der Waals surface area (Å²) in [6.45, 7) is -0.0583. The van der Waals surface area contributed by atoms with Crippen molar-refractivity contribution >= 4 is 12.0 Å². The van der Waals surface area contributed by atoms with E-state index >= 15 is 0 Å². The van der Waals surface area contributed by atoms with Crippen LogP contribution in [0.3, 0.4) is 0 Å². The first-order valence-electron chi connectivity index (χ1n) is 3.56. The molecule has 0 radical (unpaired) electrons. The van der Waals surface area contributed by atoms with Crippen molar-refractivity contribution in [2.45, 2.75) is 0 Å². The number of carbonyl (C=O) groups excluding carboxylic acids is 2. The van der Waals surface area contributed by atoms with E-state index in [2.05, 4.69) is 15.3 Å². The Balaban J connectivity index is 2.54. The highest BCUT2D eigenvalue weighted by molar-refractivity contribution is 5.93. The number of isocyanates is 1. The minimum absolute atomic E-state index is 0.0583. The Morgan fingerprint density at radius 1 is 1.69 bits per heavy atom. The number of aliphatic imine (C=N–C) groups is 1. The summed E-state index contributed by atoms with van der Waals surface area (Å²) in [7, 11) is 0. The minimum Gasteiger partial charge on any atom is -0.332 e. The van der Waals surface area contributed by atoms with Crippen LogP contribution < -0.4 is 5.32 Å². The average Bonchev–Trinajstić information content (AvgIpc) is 2.19. The van der Waals surface area contributed by atoms with Gasteiger partial charge in [0.25, 0.3) is 5.91 Å². The fraction of sp³-hybridized carbons (Fsp3) is 0.125. The first kappa shape index (κ1) is 9.09. The number of nitrogens with one attached hydrogen (secondary N) is 1. The Kier molecular flexibility index (Phi) is 3.35. The van der Waals surface area contributed by atoms with Gasteiger partial charge in [0.2, 0.25) is 6.08 Å². The molecule has 0 atom stereocenters. The molecular formula is C8H7N3O2. The molecule has 0 saturated carbocycles. The van der Waals surface area contributed by atoms with Gasteiger partial charge in [-0.2, -0.15) is 4.99 Å². The van der Waals surface area contributed by atoms with Crippen LogP contribution in [0.5, 0.6) is 0 Å². The molecule has 1 aromatic rings. The lowest BCUT2D eigenvalue weighted by atomic mass is 10.3. The van der Waals surface area contributed by atoms with E-state index in [9.17, 15) is 9.59 Å². The van der Waals surface area contributed by atoms with Gasteiger partial charge in [-0.15, -0.1) is 0 Å². The van der Waals surface area contributed by atoms with Crippen LogP contribution in [-0.4, -0.2) is 23.6 Å². The van der Waals surface area contributed by atoms with Gasteiger partial charge in [0, 0.05) is 12.4 Å². The molecule has 13 heavy (non-hydrogen) atoms. The van der Waals surface area contributed by atoms with E-state index in [1.165, 1.54) is 12.3 Å². The van der Waals surface area contributed by atoms with Crippen molar-refractivity contribution in [2.24, 2.45) is 4.99 Å². The maximum atomic E-state index is 11.2. The summed E-state index contributed by atoms with van der Waals surface area (Å²) in [6.07, 6.45) is 4.32. The van der Waals surface area contributed by atoms with Gasteiger partial charge in [-0.25, -0.2) is 4.79 Å². The molecule has 5 heteroatoms. The second kappa shape index (κ2) is 4.79. The first-order valence-corrected chi connectivity index (χ1v) is 3.56. The van der Waals surface area contributed by atoms with Gasteiger partial charge in [0.05, 0.1) is 5.56 Å².